The predicted octanol–water partition coefficient (Wildman–Crippen LogP) is 2.84. The molecule has 1 atom stereocenters. The molecule has 3 aromatic rings. The highest BCUT2D eigenvalue weighted by atomic mass is 16.2. The van der Waals surface area contributed by atoms with Gasteiger partial charge in [-0.05, 0) is 30.9 Å². The van der Waals surface area contributed by atoms with Gasteiger partial charge in [-0.1, -0.05) is 0 Å². The minimum absolute atomic E-state index is 0.306. The van der Waals surface area contributed by atoms with E-state index in [0.29, 0.717) is 17.7 Å². The summed E-state index contributed by atoms with van der Waals surface area (Å²) < 4.78 is 0. The number of likely N-dealkylation sites (tertiary alicyclic amines) is 1. The van der Waals surface area contributed by atoms with Crippen LogP contribution in [0.2, 0.25) is 0 Å². The third kappa shape index (κ3) is 2.03. The number of aromatic nitrogens is 3. The largest absolute Gasteiger partial charge is 0.346 e. The molecule has 1 aliphatic heterocycles. The number of hydrogen-bond acceptors (Lipinski definition) is 3. The number of nitrogens with zero attached hydrogens (tertiary/aromatic N) is 3. The summed E-state index contributed by atoms with van der Waals surface area (Å²) in [4.78, 5) is 26.4. The fraction of sp³-hybridized carbons (Fsp3) is 0.389. The first-order valence-corrected chi connectivity index (χ1v) is 8.30. The number of hydrogen-bond donors (Lipinski definition) is 1. The van der Waals surface area contributed by atoms with Crippen LogP contribution in [0.4, 0.5) is 0 Å². The van der Waals surface area contributed by atoms with Crippen molar-refractivity contribution >= 4 is 27.7 Å². The smallest absolute Gasteiger partial charge is 0.225 e. The van der Waals surface area contributed by atoms with Crippen molar-refractivity contribution in [3.05, 3.63) is 36.4 Å². The van der Waals surface area contributed by atoms with Crippen LogP contribution in [-0.2, 0) is 4.79 Å². The van der Waals surface area contributed by atoms with Crippen LogP contribution >= 0.6 is 0 Å². The van der Waals surface area contributed by atoms with Crippen LogP contribution in [0.25, 0.3) is 21.8 Å². The molecule has 116 valence electrons. The van der Waals surface area contributed by atoms with Crippen molar-refractivity contribution in [3.8, 4) is 0 Å². The van der Waals surface area contributed by atoms with Crippen molar-refractivity contribution in [2.45, 2.75) is 25.2 Å². The van der Waals surface area contributed by atoms with E-state index in [1.165, 1.54) is 10.9 Å². The number of pyridine rings is 2. The summed E-state index contributed by atoms with van der Waals surface area (Å²) in [6, 6.07) is 2.08. The lowest BCUT2D eigenvalue weighted by Crippen LogP contribution is -2.29. The number of H-pyrrole nitrogens is 1. The Balaban J connectivity index is 1.57. The highest BCUT2D eigenvalue weighted by Gasteiger charge is 2.37. The van der Waals surface area contributed by atoms with Gasteiger partial charge in [-0.25, -0.2) is 4.98 Å². The molecule has 3 aromatic heterocycles. The minimum Gasteiger partial charge on any atom is -0.346 e. The maximum absolute atomic E-state index is 12.3. The second-order valence-electron chi connectivity index (χ2n) is 6.74. The molecule has 0 spiro atoms. The summed E-state index contributed by atoms with van der Waals surface area (Å²) in [6.07, 6.45) is 10.8. The molecule has 2 aliphatic rings. The molecule has 0 radical (unpaired) electrons. The van der Waals surface area contributed by atoms with Crippen molar-refractivity contribution < 1.29 is 4.79 Å². The van der Waals surface area contributed by atoms with Crippen LogP contribution in [0.1, 0.15) is 30.7 Å². The Bertz CT molecular complexity index is 912. The van der Waals surface area contributed by atoms with Crippen molar-refractivity contribution in [2.75, 3.05) is 13.1 Å². The topological polar surface area (TPSA) is 61.9 Å². The zero-order chi connectivity index (χ0) is 15.4. The molecule has 1 unspecified atom stereocenters. The van der Waals surface area contributed by atoms with Crippen LogP contribution in [0, 0.1) is 5.92 Å². The Hall–Kier alpha value is -2.43. The Morgan fingerprint density at radius 2 is 2.13 bits per heavy atom. The average Bonchev–Trinajstić information content (AvgIpc) is 3.12. The van der Waals surface area contributed by atoms with E-state index < -0.39 is 0 Å². The van der Waals surface area contributed by atoms with Crippen LogP contribution in [0.5, 0.6) is 0 Å². The number of aromatic amines is 1. The maximum atomic E-state index is 12.3. The summed E-state index contributed by atoms with van der Waals surface area (Å²) in [5, 5.41) is 3.45. The lowest BCUT2D eigenvalue weighted by atomic mass is 9.94. The molecule has 4 heterocycles. The molecule has 5 rings (SSSR count). The maximum Gasteiger partial charge on any atom is 0.225 e. The van der Waals surface area contributed by atoms with Crippen LogP contribution in [-0.4, -0.2) is 38.8 Å². The molecule has 0 aromatic carbocycles. The van der Waals surface area contributed by atoms with Crippen molar-refractivity contribution in [3.63, 3.8) is 0 Å². The third-order valence-electron chi connectivity index (χ3n) is 5.20. The zero-order valence-electron chi connectivity index (χ0n) is 12.8. The normalized spacial score (nSPS) is 21.4. The molecular weight excluding hydrogens is 288 g/mol. The summed E-state index contributed by atoms with van der Waals surface area (Å²) >= 11 is 0. The van der Waals surface area contributed by atoms with Crippen molar-refractivity contribution in [2.24, 2.45) is 5.92 Å². The quantitative estimate of drug-likeness (QED) is 0.792. The summed E-state index contributed by atoms with van der Waals surface area (Å²) in [5.41, 5.74) is 2.16. The molecule has 1 N–H and O–H groups in total. The lowest BCUT2D eigenvalue weighted by molar-refractivity contribution is -0.131. The van der Waals surface area contributed by atoms with Gasteiger partial charge in [0.2, 0.25) is 5.91 Å². The average molecular weight is 306 g/mol. The second-order valence-corrected chi connectivity index (χ2v) is 6.74. The second kappa shape index (κ2) is 4.78. The fourth-order valence-corrected chi connectivity index (χ4v) is 3.82. The first-order valence-electron chi connectivity index (χ1n) is 8.30. The van der Waals surface area contributed by atoms with E-state index in [-0.39, 0.29) is 0 Å². The Kier molecular flexibility index (Phi) is 2.71. The Labute approximate surface area is 133 Å². The van der Waals surface area contributed by atoms with E-state index in [0.717, 1.165) is 48.8 Å². The van der Waals surface area contributed by atoms with Gasteiger partial charge in [-0.3, -0.25) is 9.78 Å². The van der Waals surface area contributed by atoms with Gasteiger partial charge in [0.25, 0.3) is 0 Å². The molecular formula is C18H18N4O. The van der Waals surface area contributed by atoms with Gasteiger partial charge in [-0.2, -0.15) is 0 Å². The monoisotopic (exact) mass is 306 g/mol. The number of fused-ring (bicyclic) bond motifs is 3. The highest BCUT2D eigenvalue weighted by molar-refractivity contribution is 6.06. The van der Waals surface area contributed by atoms with E-state index in [1.54, 1.807) is 0 Å². The van der Waals surface area contributed by atoms with Gasteiger partial charge in [0.1, 0.15) is 5.65 Å². The molecule has 2 fully saturated rings. The lowest BCUT2D eigenvalue weighted by Gasteiger charge is -2.17. The van der Waals surface area contributed by atoms with E-state index in [9.17, 15) is 4.79 Å². The minimum atomic E-state index is 0.306. The van der Waals surface area contributed by atoms with Crippen LogP contribution < -0.4 is 0 Å². The molecule has 1 amide bonds. The zero-order valence-corrected chi connectivity index (χ0v) is 12.8. The van der Waals surface area contributed by atoms with Gasteiger partial charge in [-0.15, -0.1) is 0 Å². The van der Waals surface area contributed by atoms with Crippen molar-refractivity contribution in [1.29, 1.82) is 0 Å². The first kappa shape index (κ1) is 13.0. The number of nitrogens with one attached hydrogen (secondary N) is 1. The van der Waals surface area contributed by atoms with E-state index in [1.807, 2.05) is 24.8 Å². The first-order chi connectivity index (χ1) is 11.3. The van der Waals surface area contributed by atoms with Gasteiger partial charge in [0.15, 0.2) is 0 Å². The van der Waals surface area contributed by atoms with Crippen molar-refractivity contribution in [1.82, 2.24) is 19.9 Å². The molecule has 23 heavy (non-hydrogen) atoms. The van der Waals surface area contributed by atoms with Gasteiger partial charge >= 0.3 is 0 Å². The van der Waals surface area contributed by atoms with E-state index in [2.05, 4.69) is 25.9 Å². The molecule has 0 bridgehead atoms. The highest BCUT2D eigenvalue weighted by Crippen LogP contribution is 2.37. The summed E-state index contributed by atoms with van der Waals surface area (Å²) in [6.45, 7) is 1.70. The van der Waals surface area contributed by atoms with Gasteiger partial charge in [0, 0.05) is 65.9 Å². The Morgan fingerprint density at radius 3 is 3.00 bits per heavy atom. The van der Waals surface area contributed by atoms with E-state index in [4.69, 9.17) is 0 Å². The predicted molar refractivity (Wildman–Crippen MR) is 88.1 cm³/mol. The number of rotatable bonds is 2. The number of amides is 1. The van der Waals surface area contributed by atoms with Gasteiger partial charge < -0.3 is 9.88 Å². The Morgan fingerprint density at radius 1 is 1.22 bits per heavy atom. The molecule has 5 heteroatoms. The van der Waals surface area contributed by atoms with Gasteiger partial charge in [0.05, 0.1) is 0 Å². The summed E-state index contributed by atoms with van der Waals surface area (Å²) in [5.74, 6) is 1.03. The van der Waals surface area contributed by atoms with E-state index >= 15 is 0 Å². The molecule has 1 saturated carbocycles. The molecule has 1 saturated heterocycles. The third-order valence-corrected chi connectivity index (χ3v) is 5.20. The summed E-state index contributed by atoms with van der Waals surface area (Å²) in [7, 11) is 0. The number of carbonyl (C=O) groups excluding carboxylic acids is 1. The molecule has 1 aliphatic carbocycles. The van der Waals surface area contributed by atoms with Crippen LogP contribution in [0.15, 0.2) is 30.9 Å². The SMILES string of the molecule is O=C(C1CC1)N1CCC(c2cncc3cnc4[nH]ccc4c23)C1. The fourth-order valence-electron chi connectivity index (χ4n) is 3.82. The molecule has 5 nitrogen and oxygen atoms in total. The van der Waals surface area contributed by atoms with Crippen LogP contribution in [0.3, 0.4) is 0 Å². The standard InChI is InChI=1S/C18H18N4O/c23-18(11-1-2-11)22-6-4-12(10-22)15-9-19-7-13-8-21-17-14(16(13)15)3-5-20-17/h3,5,7-9,11-12H,1-2,4,6,10H2,(H,20,21). The number of carbonyl (C=O) groups is 1.